The molecule has 0 saturated heterocycles. The second kappa shape index (κ2) is 7.31. The molecule has 0 bridgehead atoms. The molecule has 1 aromatic carbocycles. The molecule has 0 aliphatic carbocycles. The summed E-state index contributed by atoms with van der Waals surface area (Å²) in [7, 11) is 0. The second-order valence-corrected chi connectivity index (χ2v) is 5.03. The molecular weight excluding hydrogens is 271 g/mol. The summed E-state index contributed by atoms with van der Waals surface area (Å²) in [6.45, 7) is 4.00. The molecule has 0 aliphatic heterocycles. The number of aliphatic hydroxyl groups is 1. The first-order valence-corrected chi connectivity index (χ1v) is 6.45. The van der Waals surface area contributed by atoms with Gasteiger partial charge in [0.2, 0.25) is 0 Å². The molecule has 0 fully saturated rings. The summed E-state index contributed by atoms with van der Waals surface area (Å²) in [6.07, 6.45) is 0.177. The number of rotatable bonds is 5. The molecule has 0 radical (unpaired) electrons. The third-order valence-electron chi connectivity index (χ3n) is 2.55. The van der Waals surface area contributed by atoms with Crippen molar-refractivity contribution in [2.75, 3.05) is 11.9 Å². The van der Waals surface area contributed by atoms with Crippen molar-refractivity contribution in [3.63, 3.8) is 0 Å². The summed E-state index contributed by atoms with van der Waals surface area (Å²) < 4.78 is 13.5. The van der Waals surface area contributed by atoms with E-state index in [9.17, 15) is 14.3 Å². The van der Waals surface area contributed by atoms with Gasteiger partial charge < -0.3 is 15.7 Å². The lowest BCUT2D eigenvalue weighted by molar-refractivity contribution is 0.163. The van der Waals surface area contributed by atoms with Crippen molar-refractivity contribution in [1.82, 2.24) is 5.32 Å². The van der Waals surface area contributed by atoms with Crippen molar-refractivity contribution in [2.24, 2.45) is 5.92 Å². The maximum atomic E-state index is 13.5. The third kappa shape index (κ3) is 5.44. The van der Waals surface area contributed by atoms with Crippen molar-refractivity contribution in [1.29, 1.82) is 0 Å². The van der Waals surface area contributed by atoms with E-state index in [4.69, 9.17) is 11.6 Å². The Bertz CT molecular complexity index is 441. The summed E-state index contributed by atoms with van der Waals surface area (Å²) in [6, 6.07) is 3.89. The lowest BCUT2D eigenvalue weighted by atomic mass is 10.1. The minimum atomic E-state index is -0.656. The normalized spacial score (nSPS) is 13.7. The number of benzene rings is 1. The summed E-state index contributed by atoms with van der Waals surface area (Å²) in [5.41, 5.74) is 0.0354. The number of hydrogen-bond acceptors (Lipinski definition) is 2. The fraction of sp³-hybridized carbons (Fsp3) is 0.462. The molecule has 2 amide bonds. The lowest BCUT2D eigenvalue weighted by Gasteiger charge is -2.15. The molecule has 0 aliphatic rings. The molecule has 2 atom stereocenters. The van der Waals surface area contributed by atoms with Crippen molar-refractivity contribution in [3.8, 4) is 0 Å². The fourth-order valence-electron chi connectivity index (χ4n) is 1.70. The van der Waals surface area contributed by atoms with Gasteiger partial charge in [-0.3, -0.25) is 0 Å². The van der Waals surface area contributed by atoms with E-state index < -0.39 is 18.0 Å². The Balaban J connectivity index is 2.45. The summed E-state index contributed by atoms with van der Waals surface area (Å²) in [4.78, 5) is 11.6. The van der Waals surface area contributed by atoms with Crippen molar-refractivity contribution in [2.45, 2.75) is 26.4 Å². The predicted molar refractivity (Wildman–Crippen MR) is 73.9 cm³/mol. The highest BCUT2D eigenvalue weighted by molar-refractivity contribution is 6.31. The fourth-order valence-corrected chi connectivity index (χ4v) is 1.87. The average Bonchev–Trinajstić information content (AvgIpc) is 2.32. The molecule has 106 valence electrons. The zero-order valence-electron chi connectivity index (χ0n) is 10.9. The molecule has 0 spiro atoms. The van der Waals surface area contributed by atoms with Gasteiger partial charge in [0, 0.05) is 6.54 Å². The Morgan fingerprint density at radius 2 is 2.16 bits per heavy atom. The van der Waals surface area contributed by atoms with Gasteiger partial charge in [-0.05, 0) is 31.4 Å². The largest absolute Gasteiger partial charge is 0.393 e. The maximum absolute atomic E-state index is 13.5. The van der Waals surface area contributed by atoms with Gasteiger partial charge in [0.25, 0.3) is 0 Å². The average molecular weight is 289 g/mol. The quantitative estimate of drug-likeness (QED) is 0.780. The molecule has 4 nitrogen and oxygen atoms in total. The van der Waals surface area contributed by atoms with Gasteiger partial charge in [-0.25, -0.2) is 9.18 Å². The van der Waals surface area contributed by atoms with Crippen LogP contribution in [0.4, 0.5) is 14.9 Å². The van der Waals surface area contributed by atoms with Crippen molar-refractivity contribution < 1.29 is 14.3 Å². The smallest absolute Gasteiger partial charge is 0.319 e. The minimum Gasteiger partial charge on any atom is -0.393 e. The zero-order valence-corrected chi connectivity index (χ0v) is 11.7. The van der Waals surface area contributed by atoms with Crippen LogP contribution in [0.25, 0.3) is 0 Å². The van der Waals surface area contributed by atoms with Crippen molar-refractivity contribution in [3.05, 3.63) is 29.0 Å². The van der Waals surface area contributed by atoms with Crippen LogP contribution in [-0.2, 0) is 0 Å². The van der Waals surface area contributed by atoms with Gasteiger partial charge in [0.1, 0.15) is 0 Å². The van der Waals surface area contributed by atoms with Crippen LogP contribution < -0.4 is 10.6 Å². The number of aliphatic hydroxyl groups excluding tert-OH is 1. The van der Waals surface area contributed by atoms with E-state index in [2.05, 4.69) is 10.6 Å². The number of nitrogens with one attached hydrogen (secondary N) is 2. The van der Waals surface area contributed by atoms with Crippen LogP contribution in [-0.4, -0.2) is 23.8 Å². The van der Waals surface area contributed by atoms with E-state index in [1.54, 1.807) is 13.0 Å². The van der Waals surface area contributed by atoms with Gasteiger partial charge >= 0.3 is 6.03 Å². The molecule has 1 rings (SSSR count). The Morgan fingerprint density at radius 3 is 2.79 bits per heavy atom. The highest BCUT2D eigenvalue weighted by atomic mass is 35.5. The predicted octanol–water partition coefficient (Wildman–Crippen LogP) is 3.01. The maximum Gasteiger partial charge on any atom is 0.319 e. The van der Waals surface area contributed by atoms with Gasteiger partial charge in [-0.1, -0.05) is 24.6 Å². The molecule has 0 aromatic heterocycles. The van der Waals surface area contributed by atoms with Crippen LogP contribution >= 0.6 is 11.6 Å². The first kappa shape index (κ1) is 15.7. The van der Waals surface area contributed by atoms with Crippen LogP contribution in [0.15, 0.2) is 18.2 Å². The van der Waals surface area contributed by atoms with E-state index in [1.807, 2.05) is 6.92 Å². The molecular formula is C13H18ClFN2O2. The monoisotopic (exact) mass is 288 g/mol. The van der Waals surface area contributed by atoms with E-state index in [1.165, 1.54) is 12.1 Å². The molecule has 0 saturated carbocycles. The van der Waals surface area contributed by atoms with Gasteiger partial charge in [0.15, 0.2) is 5.82 Å². The highest BCUT2D eigenvalue weighted by Gasteiger charge is 2.11. The van der Waals surface area contributed by atoms with E-state index in [0.717, 1.165) is 0 Å². The SMILES string of the molecule is CC(O)CC(C)CNC(=O)Nc1cccc(Cl)c1F. The van der Waals surface area contributed by atoms with Gasteiger partial charge in [0.05, 0.1) is 16.8 Å². The van der Waals surface area contributed by atoms with Crippen LogP contribution in [0.5, 0.6) is 0 Å². The standard InChI is InChI=1S/C13H18ClFN2O2/c1-8(6-9(2)18)7-16-13(19)17-11-5-3-4-10(14)12(11)15/h3-5,8-9,18H,6-7H2,1-2H3,(H2,16,17,19). The van der Waals surface area contributed by atoms with Crippen LogP contribution in [0.3, 0.4) is 0 Å². The number of halogens is 2. The number of carbonyl (C=O) groups excluding carboxylic acids is 1. The molecule has 19 heavy (non-hydrogen) atoms. The number of urea groups is 1. The highest BCUT2D eigenvalue weighted by Crippen LogP contribution is 2.21. The molecule has 0 heterocycles. The van der Waals surface area contributed by atoms with Crippen LogP contribution in [0, 0.1) is 11.7 Å². The lowest BCUT2D eigenvalue weighted by Crippen LogP contribution is -2.33. The Kier molecular flexibility index (Phi) is 6.05. The first-order chi connectivity index (χ1) is 8.90. The van der Waals surface area contributed by atoms with Gasteiger partial charge in [-0.2, -0.15) is 0 Å². The zero-order chi connectivity index (χ0) is 14.4. The number of amides is 2. The molecule has 6 heteroatoms. The minimum absolute atomic E-state index is 0.0354. The number of hydrogen-bond donors (Lipinski definition) is 3. The second-order valence-electron chi connectivity index (χ2n) is 4.63. The topological polar surface area (TPSA) is 61.4 Å². The Morgan fingerprint density at radius 1 is 1.47 bits per heavy atom. The van der Waals surface area contributed by atoms with Crippen LogP contribution in [0.2, 0.25) is 5.02 Å². The van der Waals surface area contributed by atoms with Crippen molar-refractivity contribution >= 4 is 23.3 Å². The molecule has 1 aromatic rings. The van der Waals surface area contributed by atoms with Crippen LogP contribution in [0.1, 0.15) is 20.3 Å². The van der Waals surface area contributed by atoms with E-state index in [0.29, 0.717) is 13.0 Å². The number of anilines is 1. The Hall–Kier alpha value is -1.33. The van der Waals surface area contributed by atoms with Gasteiger partial charge in [-0.15, -0.1) is 0 Å². The summed E-state index contributed by atoms with van der Waals surface area (Å²) in [5, 5.41) is 14.2. The van der Waals surface area contributed by atoms with E-state index in [-0.39, 0.29) is 16.6 Å². The Labute approximate surface area is 117 Å². The molecule has 2 unspecified atom stereocenters. The first-order valence-electron chi connectivity index (χ1n) is 6.07. The number of carbonyl (C=O) groups is 1. The summed E-state index contributed by atoms with van der Waals surface area (Å²) in [5.74, 6) is -0.522. The summed E-state index contributed by atoms with van der Waals surface area (Å²) >= 11 is 5.61. The van der Waals surface area contributed by atoms with E-state index >= 15 is 0 Å². The molecule has 3 N–H and O–H groups in total. The third-order valence-corrected chi connectivity index (χ3v) is 2.85.